The van der Waals surface area contributed by atoms with Gasteiger partial charge >= 0.3 is 0 Å². The van der Waals surface area contributed by atoms with Crippen LogP contribution in [0, 0.1) is 29.1 Å². The highest BCUT2D eigenvalue weighted by Crippen LogP contribution is 2.71. The summed E-state index contributed by atoms with van der Waals surface area (Å²) in [5.41, 5.74) is 0.877. The van der Waals surface area contributed by atoms with Gasteiger partial charge in [-0.05, 0) is 71.0 Å². The summed E-state index contributed by atoms with van der Waals surface area (Å²) in [6.07, 6.45) is 0.606. The van der Waals surface area contributed by atoms with Gasteiger partial charge in [0, 0.05) is 30.7 Å². The van der Waals surface area contributed by atoms with Crippen molar-refractivity contribution in [3.05, 3.63) is 143 Å². The molecule has 0 amide bonds. The second-order valence-corrected chi connectivity index (χ2v) is 15.2. The topological polar surface area (TPSA) is 69.7 Å². The molecule has 5 aromatic carbocycles. The maximum Gasteiger partial charge on any atom is 0.274 e. The number of halogens is 5. The maximum atomic E-state index is 15.6. The minimum Gasteiger partial charge on any atom is -0.497 e. The molecule has 0 aromatic heterocycles. The van der Waals surface area contributed by atoms with Gasteiger partial charge in [-0.15, -0.1) is 0 Å². The Balaban J connectivity index is 1.69. The van der Waals surface area contributed by atoms with E-state index in [1.165, 1.54) is 67.4 Å². The number of hydrogen-bond donors (Lipinski definition) is 0. The van der Waals surface area contributed by atoms with E-state index in [1.807, 2.05) is 0 Å². The number of benzene rings is 5. The molecular formula is C33H23F5O5S3. The first-order valence-electron chi connectivity index (χ1n) is 13.2. The van der Waals surface area contributed by atoms with Crippen molar-refractivity contribution in [2.24, 2.45) is 0 Å². The normalized spacial score (nSPS) is 13.5. The van der Waals surface area contributed by atoms with Crippen molar-refractivity contribution < 1.29 is 43.5 Å². The third kappa shape index (κ3) is 6.41. The molecule has 0 aliphatic heterocycles. The SMILES string of the molecule is COc1ccc(S(OS(C)(=O)=O)(c2ccc(Sc3ccccc3C(=O)c3ccccc3)cc2)c2c(F)c(F)c(F)c(F)c2F)cc1. The number of carbonyl (C=O) groups excluding carboxylic acids is 1. The van der Waals surface area contributed by atoms with Crippen LogP contribution < -0.4 is 4.74 Å². The fourth-order valence-corrected chi connectivity index (χ4v) is 10.4. The highest BCUT2D eigenvalue weighted by molar-refractivity contribution is 8.33. The molecule has 0 bridgehead atoms. The van der Waals surface area contributed by atoms with E-state index in [-0.39, 0.29) is 21.3 Å². The van der Waals surface area contributed by atoms with Crippen LogP contribution in [0.15, 0.2) is 128 Å². The van der Waals surface area contributed by atoms with Gasteiger partial charge in [0.15, 0.2) is 29.1 Å². The predicted octanol–water partition coefficient (Wildman–Crippen LogP) is 8.95. The van der Waals surface area contributed by atoms with Crippen LogP contribution in [0.4, 0.5) is 22.0 Å². The molecule has 0 saturated heterocycles. The maximum absolute atomic E-state index is 15.6. The van der Waals surface area contributed by atoms with Gasteiger partial charge in [-0.25, -0.2) is 25.6 Å². The van der Waals surface area contributed by atoms with Gasteiger partial charge in [0.2, 0.25) is 5.82 Å². The number of ketones is 1. The lowest BCUT2D eigenvalue weighted by molar-refractivity contribution is 0.103. The molecule has 0 heterocycles. The molecule has 0 radical (unpaired) electrons. The van der Waals surface area contributed by atoms with Crippen molar-refractivity contribution in [1.82, 2.24) is 0 Å². The molecule has 5 rings (SSSR count). The third-order valence-corrected chi connectivity index (χ3v) is 12.3. The van der Waals surface area contributed by atoms with Crippen molar-refractivity contribution in [3.8, 4) is 5.75 Å². The van der Waals surface area contributed by atoms with Gasteiger partial charge in [0.1, 0.15) is 10.6 Å². The zero-order valence-electron chi connectivity index (χ0n) is 24.0. The zero-order chi connectivity index (χ0) is 33.2. The van der Waals surface area contributed by atoms with Crippen LogP contribution in [0.3, 0.4) is 0 Å². The monoisotopic (exact) mass is 690 g/mol. The lowest BCUT2D eigenvalue weighted by Gasteiger charge is -2.39. The largest absolute Gasteiger partial charge is 0.497 e. The molecule has 5 nitrogen and oxygen atoms in total. The van der Waals surface area contributed by atoms with Crippen LogP contribution in [0.25, 0.3) is 0 Å². The van der Waals surface area contributed by atoms with Crippen molar-refractivity contribution in [3.63, 3.8) is 0 Å². The quantitative estimate of drug-likeness (QED) is 0.0631. The number of ether oxygens (including phenoxy) is 1. The smallest absolute Gasteiger partial charge is 0.274 e. The number of carbonyl (C=O) groups is 1. The summed E-state index contributed by atoms with van der Waals surface area (Å²) < 4.78 is 111. The summed E-state index contributed by atoms with van der Waals surface area (Å²) in [5.74, 6) is -11.4. The van der Waals surface area contributed by atoms with Crippen LogP contribution in [0.2, 0.25) is 0 Å². The van der Waals surface area contributed by atoms with Crippen LogP contribution in [0.5, 0.6) is 5.75 Å². The predicted molar refractivity (Wildman–Crippen MR) is 164 cm³/mol. The van der Waals surface area contributed by atoms with E-state index in [0.717, 1.165) is 0 Å². The summed E-state index contributed by atoms with van der Waals surface area (Å²) in [7, 11) is -7.47. The highest BCUT2D eigenvalue weighted by Gasteiger charge is 2.44. The molecule has 238 valence electrons. The highest BCUT2D eigenvalue weighted by atomic mass is 32.3. The van der Waals surface area contributed by atoms with Crippen LogP contribution in [-0.2, 0) is 13.7 Å². The molecular weight excluding hydrogens is 668 g/mol. The molecule has 0 fully saturated rings. The molecule has 1 atom stereocenters. The van der Waals surface area contributed by atoms with E-state index < -0.39 is 54.4 Å². The molecule has 1 unspecified atom stereocenters. The molecule has 0 aliphatic rings. The summed E-state index contributed by atoms with van der Waals surface area (Å²) >= 11 is 1.17. The fourth-order valence-electron chi connectivity index (χ4n) is 4.59. The third-order valence-electron chi connectivity index (χ3n) is 6.63. The standard InChI is InChI=1S/C33H23F5O5S3/c1-42-21-12-16-23(17-13-21)46(43-45(2,40)41,33-30(37)28(35)27(34)29(36)31(33)38)24-18-14-22(15-19-24)44-26-11-7-6-10-25(26)32(39)20-8-4-3-5-9-20/h3-19H,1-2H3. The Bertz CT molecular complexity index is 2000. The van der Waals surface area contributed by atoms with Crippen LogP contribution in [-0.4, -0.2) is 27.6 Å². The van der Waals surface area contributed by atoms with E-state index in [9.17, 15) is 26.4 Å². The summed E-state index contributed by atoms with van der Waals surface area (Å²) in [6, 6.07) is 26.1. The Morgan fingerprint density at radius 1 is 0.652 bits per heavy atom. The first kappa shape index (κ1) is 33.2. The second-order valence-electron chi connectivity index (χ2n) is 9.67. The van der Waals surface area contributed by atoms with Crippen molar-refractivity contribution in [2.75, 3.05) is 13.4 Å². The average Bonchev–Trinajstić information content (AvgIpc) is 3.06. The van der Waals surface area contributed by atoms with E-state index in [4.69, 9.17) is 8.37 Å². The van der Waals surface area contributed by atoms with Crippen LogP contribution in [0.1, 0.15) is 15.9 Å². The number of rotatable bonds is 10. The molecule has 0 aliphatic carbocycles. The molecule has 0 saturated carbocycles. The Labute approximate surface area is 267 Å². The Morgan fingerprint density at radius 2 is 1.15 bits per heavy atom. The Kier molecular flexibility index (Phi) is 9.59. The minimum atomic E-state index is -4.62. The molecule has 5 aromatic rings. The average molecular weight is 691 g/mol. The first-order chi connectivity index (χ1) is 21.9. The van der Waals surface area contributed by atoms with Crippen molar-refractivity contribution >= 4 is 38.0 Å². The van der Waals surface area contributed by atoms with Gasteiger partial charge in [0.25, 0.3) is 10.1 Å². The number of methoxy groups -OCH3 is 1. The second kappa shape index (κ2) is 13.3. The molecule has 13 heteroatoms. The van der Waals surface area contributed by atoms with E-state index in [1.54, 1.807) is 54.6 Å². The van der Waals surface area contributed by atoms with Gasteiger partial charge in [0.05, 0.1) is 13.4 Å². The Hall–Kier alpha value is -4.17. The molecule has 0 N–H and O–H groups in total. The molecule has 46 heavy (non-hydrogen) atoms. The van der Waals surface area contributed by atoms with Gasteiger partial charge in [-0.1, -0.05) is 54.2 Å². The fraction of sp³-hybridized carbons (Fsp3) is 0.0606. The zero-order valence-corrected chi connectivity index (χ0v) is 26.4. The van der Waals surface area contributed by atoms with E-state index in [2.05, 4.69) is 0 Å². The van der Waals surface area contributed by atoms with E-state index >= 15 is 8.78 Å². The Morgan fingerprint density at radius 3 is 1.70 bits per heavy atom. The van der Waals surface area contributed by atoms with Gasteiger partial charge in [-0.2, -0.15) is 8.42 Å². The van der Waals surface area contributed by atoms with Crippen molar-refractivity contribution in [2.45, 2.75) is 24.5 Å². The lowest BCUT2D eigenvalue weighted by atomic mass is 10.0. The summed E-state index contributed by atoms with van der Waals surface area (Å²) in [6.45, 7) is 0. The number of hydrogen-bond acceptors (Lipinski definition) is 6. The first-order valence-corrected chi connectivity index (χ1v) is 17.4. The van der Waals surface area contributed by atoms with E-state index in [0.29, 0.717) is 27.2 Å². The minimum absolute atomic E-state index is 0.190. The van der Waals surface area contributed by atoms with Gasteiger partial charge < -0.3 is 4.74 Å². The van der Waals surface area contributed by atoms with Crippen molar-refractivity contribution in [1.29, 1.82) is 0 Å². The lowest BCUT2D eigenvalue weighted by Crippen LogP contribution is -2.18. The molecule has 0 spiro atoms. The summed E-state index contributed by atoms with van der Waals surface area (Å²) in [4.78, 5) is 12.5. The van der Waals surface area contributed by atoms with Gasteiger partial charge in [-0.3, -0.25) is 4.79 Å². The summed E-state index contributed by atoms with van der Waals surface area (Å²) in [5, 5.41) is 0. The van der Waals surface area contributed by atoms with Crippen LogP contribution >= 0.6 is 22.1 Å².